The second-order valence-corrected chi connectivity index (χ2v) is 7.02. The quantitative estimate of drug-likeness (QED) is 0.151. The van der Waals surface area contributed by atoms with Gasteiger partial charge in [0, 0.05) is 6.42 Å². The molecule has 0 rings (SSSR count). The Labute approximate surface area is 172 Å². The second-order valence-electron chi connectivity index (χ2n) is 7.02. The van der Waals surface area contributed by atoms with E-state index in [4.69, 9.17) is 21.7 Å². The zero-order valence-corrected chi connectivity index (χ0v) is 16.8. The van der Waals surface area contributed by atoms with Crippen molar-refractivity contribution in [2.45, 2.75) is 57.7 Å². The van der Waals surface area contributed by atoms with Crippen LogP contribution >= 0.6 is 0 Å². The zero-order valence-electron chi connectivity index (χ0n) is 16.8. The zero-order chi connectivity index (χ0) is 23.4. The van der Waals surface area contributed by atoms with E-state index in [1.807, 2.05) is 0 Å². The van der Waals surface area contributed by atoms with Crippen LogP contribution in [0.3, 0.4) is 0 Å². The highest BCUT2D eigenvalue weighted by Gasteiger charge is 2.30. The van der Waals surface area contributed by atoms with E-state index in [-0.39, 0.29) is 18.8 Å². The summed E-state index contributed by atoms with van der Waals surface area (Å²) in [5.41, 5.74) is 10.2. The molecule has 0 spiro atoms. The van der Waals surface area contributed by atoms with Gasteiger partial charge < -0.3 is 37.6 Å². The Morgan fingerprint density at radius 2 is 1.40 bits per heavy atom. The molecule has 3 unspecified atom stereocenters. The largest absolute Gasteiger partial charge is 0.481 e. The van der Waals surface area contributed by atoms with Crippen LogP contribution in [-0.4, -0.2) is 70.5 Å². The number of nitrogens with two attached hydrogens (primary N) is 2. The number of aliphatic carboxylic acids is 2. The van der Waals surface area contributed by atoms with Gasteiger partial charge in [0.05, 0.1) is 13.0 Å². The third-order valence-corrected chi connectivity index (χ3v) is 3.84. The molecule has 0 aliphatic heterocycles. The summed E-state index contributed by atoms with van der Waals surface area (Å²) in [7, 11) is 0. The van der Waals surface area contributed by atoms with Crippen molar-refractivity contribution in [3.05, 3.63) is 0 Å². The van der Waals surface area contributed by atoms with E-state index in [0.29, 0.717) is 0 Å². The van der Waals surface area contributed by atoms with Crippen LogP contribution in [0.2, 0.25) is 0 Å². The van der Waals surface area contributed by atoms with Gasteiger partial charge in [-0.05, 0) is 18.8 Å². The van der Waals surface area contributed by atoms with Crippen LogP contribution in [0.5, 0.6) is 0 Å². The van der Waals surface area contributed by atoms with Gasteiger partial charge in [0.15, 0.2) is 0 Å². The summed E-state index contributed by atoms with van der Waals surface area (Å²) in [6, 6.07) is -4.05. The number of carbonyl (C=O) groups excluding carboxylic acids is 4. The van der Waals surface area contributed by atoms with Crippen molar-refractivity contribution in [2.75, 3.05) is 6.54 Å². The minimum atomic E-state index is -1.58. The molecule has 170 valence electrons. The molecule has 0 radical (unpaired) electrons. The van der Waals surface area contributed by atoms with Crippen LogP contribution in [0.4, 0.5) is 0 Å². The van der Waals surface area contributed by atoms with E-state index >= 15 is 0 Å². The van der Waals surface area contributed by atoms with Gasteiger partial charge in [-0.25, -0.2) is 4.79 Å². The number of hydrogen-bond acceptors (Lipinski definition) is 7. The molecule has 0 bridgehead atoms. The minimum absolute atomic E-state index is 0.100. The first-order valence-electron chi connectivity index (χ1n) is 9.20. The van der Waals surface area contributed by atoms with E-state index in [1.54, 1.807) is 13.8 Å². The van der Waals surface area contributed by atoms with Gasteiger partial charge in [-0.2, -0.15) is 0 Å². The molecule has 13 nitrogen and oxygen atoms in total. The maximum atomic E-state index is 12.6. The Hall–Kier alpha value is -3.22. The van der Waals surface area contributed by atoms with Crippen molar-refractivity contribution >= 4 is 35.6 Å². The van der Waals surface area contributed by atoms with Gasteiger partial charge in [-0.1, -0.05) is 13.8 Å². The summed E-state index contributed by atoms with van der Waals surface area (Å²) >= 11 is 0. The molecule has 0 aromatic carbocycles. The molecule has 9 N–H and O–H groups in total. The molecule has 0 aliphatic carbocycles. The predicted octanol–water partition coefficient (Wildman–Crippen LogP) is -2.73. The molecular weight excluding hydrogens is 402 g/mol. The van der Waals surface area contributed by atoms with Crippen LogP contribution in [0.25, 0.3) is 0 Å². The summed E-state index contributed by atoms with van der Waals surface area (Å²) in [6.45, 7) is 3.07. The first-order valence-corrected chi connectivity index (χ1v) is 9.20. The lowest BCUT2D eigenvalue weighted by Gasteiger charge is -2.25. The van der Waals surface area contributed by atoms with E-state index in [0.717, 1.165) is 0 Å². The van der Waals surface area contributed by atoms with Crippen LogP contribution < -0.4 is 27.4 Å². The van der Waals surface area contributed by atoms with Crippen molar-refractivity contribution in [3.63, 3.8) is 0 Å². The SMILES string of the molecule is CC(C)CC(NC(=O)C(CCC(=O)O)NC(=O)CN)C(=O)NC(CC(N)=O)C(=O)O. The van der Waals surface area contributed by atoms with Gasteiger partial charge in [-0.15, -0.1) is 0 Å². The number of nitrogens with one attached hydrogen (secondary N) is 3. The lowest BCUT2D eigenvalue weighted by atomic mass is 10.0. The molecule has 0 aliphatic rings. The Bertz CT molecular complexity index is 667. The van der Waals surface area contributed by atoms with Gasteiger partial charge in [0.1, 0.15) is 18.1 Å². The standard InChI is InChI=1S/C17H29N5O8/c1-8(2)5-10(16(28)22-11(17(29)30)6-12(19)23)21-15(27)9(3-4-14(25)26)20-13(24)7-18/h8-11H,3-7,18H2,1-2H3,(H2,19,23)(H,20,24)(H,21,27)(H,22,28)(H,25,26)(H,29,30). The van der Waals surface area contributed by atoms with Crippen LogP contribution in [0, 0.1) is 5.92 Å². The third kappa shape index (κ3) is 10.9. The van der Waals surface area contributed by atoms with Crippen molar-refractivity contribution in [2.24, 2.45) is 17.4 Å². The molecule has 13 heteroatoms. The van der Waals surface area contributed by atoms with E-state index in [1.165, 1.54) is 0 Å². The predicted molar refractivity (Wildman–Crippen MR) is 103 cm³/mol. The molecular formula is C17H29N5O8. The van der Waals surface area contributed by atoms with Crippen LogP contribution in [-0.2, 0) is 28.8 Å². The van der Waals surface area contributed by atoms with E-state index < -0.39 is 73.1 Å². The number of carboxylic acid groups (broad SMARTS) is 2. The van der Waals surface area contributed by atoms with Crippen molar-refractivity contribution in [3.8, 4) is 0 Å². The summed E-state index contributed by atoms with van der Waals surface area (Å²) in [4.78, 5) is 69.7. The molecule has 30 heavy (non-hydrogen) atoms. The second kappa shape index (κ2) is 13.1. The maximum Gasteiger partial charge on any atom is 0.326 e. The first-order chi connectivity index (χ1) is 13.9. The fraction of sp³-hybridized carbons (Fsp3) is 0.647. The average Bonchev–Trinajstić information content (AvgIpc) is 2.62. The Kier molecular flexibility index (Phi) is 11.7. The number of rotatable bonds is 14. The van der Waals surface area contributed by atoms with Crippen LogP contribution in [0.1, 0.15) is 39.5 Å². The highest BCUT2D eigenvalue weighted by Crippen LogP contribution is 2.08. The van der Waals surface area contributed by atoms with Crippen molar-refractivity contribution < 1.29 is 39.0 Å². The molecule has 4 amide bonds. The Morgan fingerprint density at radius 1 is 0.867 bits per heavy atom. The highest BCUT2D eigenvalue weighted by molar-refractivity contribution is 5.94. The number of carboxylic acids is 2. The fourth-order valence-corrected chi connectivity index (χ4v) is 2.44. The fourth-order valence-electron chi connectivity index (χ4n) is 2.44. The van der Waals surface area contributed by atoms with E-state index in [2.05, 4.69) is 16.0 Å². The topological polar surface area (TPSA) is 231 Å². The van der Waals surface area contributed by atoms with Gasteiger partial charge in [0.2, 0.25) is 23.6 Å². The third-order valence-electron chi connectivity index (χ3n) is 3.84. The average molecular weight is 431 g/mol. The van der Waals surface area contributed by atoms with E-state index in [9.17, 15) is 28.8 Å². The summed E-state index contributed by atoms with van der Waals surface area (Å²) in [5, 5.41) is 24.8. The molecule has 0 saturated heterocycles. The molecule has 0 saturated carbocycles. The molecule has 0 heterocycles. The van der Waals surface area contributed by atoms with Gasteiger partial charge >= 0.3 is 11.9 Å². The van der Waals surface area contributed by atoms with Gasteiger partial charge in [0.25, 0.3) is 0 Å². The molecule has 0 aromatic rings. The first kappa shape index (κ1) is 26.8. The lowest BCUT2D eigenvalue weighted by molar-refractivity contribution is -0.143. The lowest BCUT2D eigenvalue weighted by Crippen LogP contribution is -2.56. The summed E-state index contributed by atoms with van der Waals surface area (Å²) in [5.74, 6) is -6.11. The molecule has 3 atom stereocenters. The molecule has 0 aromatic heterocycles. The number of carbonyl (C=O) groups is 6. The molecule has 0 fully saturated rings. The Balaban J connectivity index is 5.41. The van der Waals surface area contributed by atoms with Crippen molar-refractivity contribution in [1.29, 1.82) is 0 Å². The highest BCUT2D eigenvalue weighted by atomic mass is 16.4. The normalized spacial score (nSPS) is 13.6. The maximum absolute atomic E-state index is 12.6. The van der Waals surface area contributed by atoms with Crippen molar-refractivity contribution in [1.82, 2.24) is 16.0 Å². The minimum Gasteiger partial charge on any atom is -0.481 e. The Morgan fingerprint density at radius 3 is 1.83 bits per heavy atom. The monoisotopic (exact) mass is 431 g/mol. The van der Waals surface area contributed by atoms with Crippen LogP contribution in [0.15, 0.2) is 0 Å². The number of hydrogen-bond donors (Lipinski definition) is 7. The smallest absolute Gasteiger partial charge is 0.326 e. The number of primary amides is 1. The summed E-state index contributed by atoms with van der Waals surface area (Å²) in [6.07, 6.45) is -1.21. The summed E-state index contributed by atoms with van der Waals surface area (Å²) < 4.78 is 0. The van der Waals surface area contributed by atoms with Gasteiger partial charge in [-0.3, -0.25) is 24.0 Å². The number of amides is 4.